The first-order valence-corrected chi connectivity index (χ1v) is 5.04. The van der Waals surface area contributed by atoms with E-state index in [1.165, 1.54) is 4.47 Å². The summed E-state index contributed by atoms with van der Waals surface area (Å²) in [6, 6.07) is 0. The molecule has 9 heavy (non-hydrogen) atoms. The summed E-state index contributed by atoms with van der Waals surface area (Å²) in [4.78, 5) is 12.2. The molecule has 0 spiro atoms. The van der Waals surface area contributed by atoms with Crippen molar-refractivity contribution in [1.29, 1.82) is 0 Å². The summed E-state index contributed by atoms with van der Waals surface area (Å²) < 4.78 is 1.28. The summed E-state index contributed by atoms with van der Waals surface area (Å²) in [5.41, 5.74) is 0. The molecule has 0 fully saturated rings. The topological polar surface area (TPSA) is 17.1 Å². The Bertz CT molecular complexity index is 219. The van der Waals surface area contributed by atoms with Gasteiger partial charge in [-0.25, -0.2) is 0 Å². The summed E-state index contributed by atoms with van der Waals surface area (Å²) in [6.07, 6.45) is 7.07. The summed E-state index contributed by atoms with van der Waals surface area (Å²) in [5, 5.41) is 0. The Hall–Kier alpha value is -0.421. The van der Waals surface area contributed by atoms with Crippen molar-refractivity contribution in [2.75, 3.05) is 0 Å². The van der Waals surface area contributed by atoms with Gasteiger partial charge in [0.25, 0.3) is 0 Å². The molecule has 0 saturated heterocycles. The van der Waals surface area contributed by atoms with Crippen molar-refractivity contribution >= 4 is 4.79 Å². The van der Waals surface area contributed by atoms with Gasteiger partial charge < -0.3 is 0 Å². The molecular formula is C7H8MnO. The van der Waals surface area contributed by atoms with E-state index in [1.807, 2.05) is 18.0 Å². The predicted molar refractivity (Wildman–Crippen MR) is 33.4 cm³/mol. The van der Waals surface area contributed by atoms with Crippen LogP contribution >= 0.6 is 0 Å². The van der Waals surface area contributed by atoms with Crippen molar-refractivity contribution in [1.82, 2.24) is 0 Å². The van der Waals surface area contributed by atoms with E-state index in [0.717, 1.165) is 6.42 Å². The van der Waals surface area contributed by atoms with Crippen LogP contribution in [-0.2, 0) is 18.3 Å². The van der Waals surface area contributed by atoms with Crippen LogP contribution < -0.4 is 0 Å². The molecule has 0 saturated carbocycles. The van der Waals surface area contributed by atoms with Gasteiger partial charge in [-0.1, -0.05) is 0 Å². The number of carbonyl (C=O) groups excluding carboxylic acids is 1. The molecule has 0 aromatic rings. The van der Waals surface area contributed by atoms with Crippen LogP contribution in [0.5, 0.6) is 0 Å². The molecule has 1 aliphatic carbocycles. The second-order valence-electron chi connectivity index (χ2n) is 1.80. The molecule has 0 atom stereocenters. The zero-order chi connectivity index (χ0) is 6.69. The van der Waals surface area contributed by atoms with E-state index >= 15 is 0 Å². The van der Waals surface area contributed by atoms with Gasteiger partial charge >= 0.3 is 58.0 Å². The third-order valence-corrected chi connectivity index (χ3v) is 3.14. The van der Waals surface area contributed by atoms with Gasteiger partial charge in [0.2, 0.25) is 0 Å². The fourth-order valence-corrected chi connectivity index (χ4v) is 1.74. The average molecular weight is 163 g/mol. The molecule has 0 unspecified atom stereocenters. The van der Waals surface area contributed by atoms with Gasteiger partial charge in [-0.15, -0.1) is 0 Å². The summed E-state index contributed by atoms with van der Waals surface area (Å²) >= 11 is -0.934. The van der Waals surface area contributed by atoms with Crippen LogP contribution in [0, 0.1) is 0 Å². The van der Waals surface area contributed by atoms with Gasteiger partial charge in [-0.3, -0.25) is 0 Å². The molecule has 1 rings (SSSR count). The minimum atomic E-state index is -0.934. The Morgan fingerprint density at radius 2 is 2.56 bits per heavy atom. The summed E-state index contributed by atoms with van der Waals surface area (Å²) in [6.45, 7) is 0. The molecule has 0 aromatic carbocycles. The number of hydrogen-bond donors (Lipinski definition) is 0. The molecular weight excluding hydrogens is 155 g/mol. The van der Waals surface area contributed by atoms with Crippen molar-refractivity contribution in [3.05, 3.63) is 22.7 Å². The zero-order valence-electron chi connectivity index (χ0n) is 5.23. The molecule has 0 aliphatic heterocycles. The number of allylic oxidation sites excluding steroid dienone is 4. The third-order valence-electron chi connectivity index (χ3n) is 1.21. The summed E-state index contributed by atoms with van der Waals surface area (Å²) in [7, 11) is 0. The van der Waals surface area contributed by atoms with E-state index in [4.69, 9.17) is 0 Å². The minimum absolute atomic E-state index is 0.934. The standard InChI is InChI=1S/C5H5.CO.CH3.Mn/c1-2-4-5-3-1;1-2;;/h1-3H,4H2;;1H3;. The molecule has 0 heterocycles. The predicted octanol–water partition coefficient (Wildman–Crippen LogP) is 1.56. The van der Waals surface area contributed by atoms with E-state index in [1.54, 1.807) is 0 Å². The first kappa shape index (κ1) is 6.70. The van der Waals surface area contributed by atoms with Crippen molar-refractivity contribution in [3.8, 4) is 0 Å². The monoisotopic (exact) mass is 163 g/mol. The fourth-order valence-electron chi connectivity index (χ4n) is 0.681. The van der Waals surface area contributed by atoms with E-state index in [2.05, 4.69) is 10.9 Å². The zero-order valence-corrected chi connectivity index (χ0v) is 6.41. The second-order valence-corrected chi connectivity index (χ2v) is 4.27. The SMILES string of the molecule is [CH3][Mn](=[C]=O)[C]1=CC=CC1. The van der Waals surface area contributed by atoms with Crippen LogP contribution in [0.25, 0.3) is 0 Å². The maximum absolute atomic E-state index is 10.1. The molecule has 0 aromatic heterocycles. The Morgan fingerprint density at radius 1 is 1.78 bits per heavy atom. The van der Waals surface area contributed by atoms with Crippen molar-refractivity contribution in [2.45, 2.75) is 12.2 Å². The molecule has 2 heteroatoms. The van der Waals surface area contributed by atoms with Crippen LogP contribution in [0.2, 0.25) is 5.82 Å². The Labute approximate surface area is 58.5 Å². The molecule has 1 aliphatic rings. The maximum atomic E-state index is 10.1. The van der Waals surface area contributed by atoms with Crippen LogP contribution in [0.15, 0.2) is 22.7 Å². The normalized spacial score (nSPS) is 16.0. The number of rotatable bonds is 1. The number of hydrogen-bond acceptors (Lipinski definition) is 1. The van der Waals surface area contributed by atoms with Crippen molar-refractivity contribution in [3.63, 3.8) is 0 Å². The van der Waals surface area contributed by atoms with E-state index in [-0.39, 0.29) is 0 Å². The van der Waals surface area contributed by atoms with E-state index in [9.17, 15) is 4.79 Å². The quantitative estimate of drug-likeness (QED) is 0.536. The average Bonchev–Trinajstić information content (AvgIpc) is 2.37. The molecule has 49 valence electrons. The van der Waals surface area contributed by atoms with Gasteiger partial charge in [-0.05, 0) is 0 Å². The molecule has 0 bridgehead atoms. The van der Waals surface area contributed by atoms with Crippen molar-refractivity contribution in [2.24, 2.45) is 0 Å². The Morgan fingerprint density at radius 3 is 3.00 bits per heavy atom. The molecule has 0 amide bonds. The van der Waals surface area contributed by atoms with Crippen LogP contribution in [0.1, 0.15) is 6.42 Å². The summed E-state index contributed by atoms with van der Waals surface area (Å²) in [5.74, 6) is 1.97. The van der Waals surface area contributed by atoms with Crippen molar-refractivity contribution < 1.29 is 18.3 Å². The van der Waals surface area contributed by atoms with E-state index < -0.39 is 13.5 Å². The van der Waals surface area contributed by atoms with Gasteiger partial charge in [0.15, 0.2) is 0 Å². The van der Waals surface area contributed by atoms with Gasteiger partial charge in [0.1, 0.15) is 0 Å². The fraction of sp³-hybridized carbons (Fsp3) is 0.286. The van der Waals surface area contributed by atoms with Gasteiger partial charge in [-0.2, -0.15) is 0 Å². The Balaban J connectivity index is 2.78. The van der Waals surface area contributed by atoms with E-state index in [0.29, 0.717) is 0 Å². The van der Waals surface area contributed by atoms with Crippen LogP contribution in [0.4, 0.5) is 0 Å². The third kappa shape index (κ3) is 1.49. The van der Waals surface area contributed by atoms with Crippen LogP contribution in [-0.4, -0.2) is 4.79 Å². The van der Waals surface area contributed by atoms with Gasteiger partial charge in [0, 0.05) is 0 Å². The van der Waals surface area contributed by atoms with Crippen LogP contribution in [0.3, 0.4) is 0 Å². The van der Waals surface area contributed by atoms with Gasteiger partial charge in [0.05, 0.1) is 0 Å². The molecule has 1 nitrogen and oxygen atoms in total. The molecule has 0 radical (unpaired) electrons. The second kappa shape index (κ2) is 2.93. The molecule has 0 N–H and O–H groups in total. The Kier molecular flexibility index (Phi) is 2.18. The first-order valence-electron chi connectivity index (χ1n) is 2.68. The first-order chi connectivity index (χ1) is 4.34.